The number of carbonyl (C=O) groups is 1. The molecule has 5 nitrogen and oxygen atoms in total. The lowest BCUT2D eigenvalue weighted by molar-refractivity contribution is 0.0670. The minimum atomic E-state index is 0.00755. The summed E-state index contributed by atoms with van der Waals surface area (Å²) >= 11 is 0. The van der Waals surface area contributed by atoms with Gasteiger partial charge in [0.1, 0.15) is 0 Å². The molecule has 1 heterocycles. The van der Waals surface area contributed by atoms with Crippen LogP contribution in [0.1, 0.15) is 47.9 Å². The quantitative estimate of drug-likeness (QED) is 0.867. The molecule has 1 N–H and O–H groups in total. The number of nitrogens with zero attached hydrogens (tertiary/aromatic N) is 2. The van der Waals surface area contributed by atoms with Crippen molar-refractivity contribution in [3.8, 4) is 0 Å². The number of methoxy groups -OCH3 is 1. The molecular weight excluding hydrogens is 254 g/mol. The first-order valence-corrected chi connectivity index (χ1v) is 7.42. The van der Waals surface area contributed by atoms with Gasteiger partial charge in [0.05, 0.1) is 17.9 Å². The zero-order chi connectivity index (χ0) is 14.7. The molecule has 2 atom stereocenters. The van der Waals surface area contributed by atoms with Crippen LogP contribution in [-0.4, -0.2) is 35.4 Å². The molecule has 1 saturated carbocycles. The normalized spacial score (nSPS) is 21.6. The van der Waals surface area contributed by atoms with Crippen LogP contribution in [0.3, 0.4) is 0 Å². The van der Waals surface area contributed by atoms with Gasteiger partial charge in [-0.25, -0.2) is 0 Å². The smallest absolute Gasteiger partial charge is 0.255 e. The van der Waals surface area contributed by atoms with Crippen molar-refractivity contribution in [2.45, 2.75) is 52.6 Å². The van der Waals surface area contributed by atoms with E-state index in [0.29, 0.717) is 5.92 Å². The third-order valence-electron chi connectivity index (χ3n) is 4.16. The topological polar surface area (TPSA) is 56.2 Å². The van der Waals surface area contributed by atoms with Crippen LogP contribution in [0.2, 0.25) is 0 Å². The Hall–Kier alpha value is -1.36. The molecule has 0 saturated heterocycles. The van der Waals surface area contributed by atoms with Crippen LogP contribution in [0.4, 0.5) is 0 Å². The van der Waals surface area contributed by atoms with Crippen LogP contribution in [0, 0.1) is 19.8 Å². The van der Waals surface area contributed by atoms with Crippen molar-refractivity contribution in [3.63, 3.8) is 0 Å². The summed E-state index contributed by atoms with van der Waals surface area (Å²) in [6.45, 7) is 7.56. The Morgan fingerprint density at radius 2 is 2.20 bits per heavy atom. The van der Waals surface area contributed by atoms with Crippen molar-refractivity contribution in [2.24, 2.45) is 5.92 Å². The van der Waals surface area contributed by atoms with Crippen molar-refractivity contribution < 1.29 is 9.53 Å². The first kappa shape index (κ1) is 15.0. The fraction of sp³-hybridized carbons (Fsp3) is 0.733. The second-order valence-electron chi connectivity index (χ2n) is 5.64. The molecule has 5 heteroatoms. The number of rotatable bonds is 6. The second-order valence-corrected chi connectivity index (χ2v) is 5.64. The molecule has 20 heavy (non-hydrogen) atoms. The van der Waals surface area contributed by atoms with E-state index < -0.39 is 0 Å². The lowest BCUT2D eigenvalue weighted by atomic mass is 9.80. The molecule has 1 amide bonds. The van der Waals surface area contributed by atoms with Crippen LogP contribution >= 0.6 is 0 Å². The first-order valence-electron chi connectivity index (χ1n) is 7.42. The highest BCUT2D eigenvalue weighted by molar-refractivity contribution is 5.96. The summed E-state index contributed by atoms with van der Waals surface area (Å²) < 4.78 is 7.11. The molecule has 0 aliphatic heterocycles. The minimum absolute atomic E-state index is 0.00755. The molecule has 0 bridgehead atoms. The van der Waals surface area contributed by atoms with E-state index >= 15 is 0 Å². The second kappa shape index (κ2) is 6.39. The van der Waals surface area contributed by atoms with Gasteiger partial charge in [0, 0.05) is 31.3 Å². The van der Waals surface area contributed by atoms with Gasteiger partial charge >= 0.3 is 0 Å². The van der Waals surface area contributed by atoms with E-state index in [1.807, 2.05) is 18.5 Å². The van der Waals surface area contributed by atoms with Gasteiger partial charge in [-0.05, 0) is 33.1 Å². The van der Waals surface area contributed by atoms with Gasteiger partial charge in [-0.15, -0.1) is 0 Å². The number of carbonyl (C=O) groups excluding carboxylic acids is 1. The highest BCUT2D eigenvalue weighted by Crippen LogP contribution is 2.28. The van der Waals surface area contributed by atoms with Crippen molar-refractivity contribution in [1.29, 1.82) is 0 Å². The highest BCUT2D eigenvalue weighted by Gasteiger charge is 2.33. The number of ether oxygens (including phenoxy) is 1. The summed E-state index contributed by atoms with van der Waals surface area (Å²) in [6.07, 6.45) is 3.19. The maximum atomic E-state index is 12.5. The van der Waals surface area contributed by atoms with Gasteiger partial charge in [-0.3, -0.25) is 9.48 Å². The molecule has 0 spiro atoms. The Kier molecular flexibility index (Phi) is 4.81. The molecule has 1 aliphatic carbocycles. The van der Waals surface area contributed by atoms with Crippen LogP contribution in [0.5, 0.6) is 0 Å². The fourth-order valence-electron chi connectivity index (χ4n) is 2.87. The van der Waals surface area contributed by atoms with E-state index in [1.54, 1.807) is 7.11 Å². The monoisotopic (exact) mass is 279 g/mol. The van der Waals surface area contributed by atoms with Gasteiger partial charge in [-0.1, -0.05) is 6.92 Å². The van der Waals surface area contributed by atoms with Crippen molar-refractivity contribution in [1.82, 2.24) is 15.1 Å². The lowest BCUT2D eigenvalue weighted by Gasteiger charge is -2.36. The Bertz CT molecular complexity index is 482. The average molecular weight is 279 g/mol. The van der Waals surface area contributed by atoms with Crippen LogP contribution in [0.15, 0.2) is 0 Å². The van der Waals surface area contributed by atoms with Crippen molar-refractivity contribution >= 4 is 5.91 Å². The van der Waals surface area contributed by atoms with Gasteiger partial charge in [0.15, 0.2) is 0 Å². The third kappa shape index (κ3) is 2.87. The molecule has 112 valence electrons. The van der Waals surface area contributed by atoms with Gasteiger partial charge < -0.3 is 10.1 Å². The van der Waals surface area contributed by atoms with Gasteiger partial charge in [0.25, 0.3) is 5.91 Å². The Labute approximate surface area is 120 Å². The Morgan fingerprint density at radius 3 is 2.75 bits per heavy atom. The molecule has 0 unspecified atom stereocenters. The predicted molar refractivity (Wildman–Crippen MR) is 77.8 cm³/mol. The van der Waals surface area contributed by atoms with E-state index in [0.717, 1.165) is 49.4 Å². The molecular formula is C15H25N3O2. The summed E-state index contributed by atoms with van der Waals surface area (Å²) in [6, 6.07) is 0.246. The van der Waals surface area contributed by atoms with E-state index in [2.05, 4.69) is 17.3 Å². The van der Waals surface area contributed by atoms with E-state index in [-0.39, 0.29) is 11.9 Å². The lowest BCUT2D eigenvalue weighted by Crippen LogP contribution is -2.48. The number of amides is 1. The molecule has 1 aromatic heterocycles. The summed E-state index contributed by atoms with van der Waals surface area (Å²) in [5.74, 6) is 0.461. The molecule has 1 aromatic rings. The average Bonchev–Trinajstić information content (AvgIpc) is 2.67. The fourth-order valence-corrected chi connectivity index (χ4v) is 2.87. The molecule has 1 fully saturated rings. The minimum Gasteiger partial charge on any atom is -0.384 e. The maximum Gasteiger partial charge on any atom is 0.255 e. The van der Waals surface area contributed by atoms with Gasteiger partial charge in [0.2, 0.25) is 0 Å². The van der Waals surface area contributed by atoms with E-state index in [1.165, 1.54) is 0 Å². The number of hydrogen-bond acceptors (Lipinski definition) is 3. The molecule has 1 aliphatic rings. The van der Waals surface area contributed by atoms with Crippen LogP contribution in [-0.2, 0) is 11.3 Å². The molecule has 2 rings (SSSR count). The zero-order valence-electron chi connectivity index (χ0n) is 12.9. The standard InChI is InChI=1S/C15H25N3O2/c1-5-8-18-11(3)14(10(2)17-18)15(19)16-13-7-6-12(13)9-20-4/h12-13H,5-9H2,1-4H3,(H,16,19)/t12-,13-/m1/s1. The number of aryl methyl sites for hydroxylation is 2. The van der Waals surface area contributed by atoms with E-state index in [9.17, 15) is 4.79 Å². The Balaban J connectivity index is 2.06. The van der Waals surface area contributed by atoms with Gasteiger partial charge in [-0.2, -0.15) is 5.10 Å². The summed E-state index contributed by atoms with van der Waals surface area (Å²) in [7, 11) is 1.71. The number of hydrogen-bond donors (Lipinski definition) is 1. The molecule has 0 aromatic carbocycles. The summed E-state index contributed by atoms with van der Waals surface area (Å²) in [5, 5.41) is 7.59. The zero-order valence-corrected chi connectivity index (χ0v) is 12.9. The predicted octanol–water partition coefficient (Wildman–Crippen LogP) is 2.06. The number of aromatic nitrogens is 2. The Morgan fingerprint density at radius 1 is 1.45 bits per heavy atom. The first-order chi connectivity index (χ1) is 9.58. The SMILES string of the molecule is CCCn1nc(C)c(C(=O)N[C@@H]2CC[C@@H]2COC)c1C. The largest absolute Gasteiger partial charge is 0.384 e. The molecule has 0 radical (unpaired) electrons. The van der Waals surface area contributed by atoms with Crippen molar-refractivity contribution in [3.05, 3.63) is 17.0 Å². The third-order valence-corrected chi connectivity index (χ3v) is 4.16. The summed E-state index contributed by atoms with van der Waals surface area (Å²) in [4.78, 5) is 12.5. The van der Waals surface area contributed by atoms with E-state index in [4.69, 9.17) is 4.74 Å². The summed E-state index contributed by atoms with van der Waals surface area (Å²) in [5.41, 5.74) is 2.52. The number of nitrogens with one attached hydrogen (secondary N) is 1. The maximum absolute atomic E-state index is 12.5. The van der Waals surface area contributed by atoms with Crippen LogP contribution in [0.25, 0.3) is 0 Å². The van der Waals surface area contributed by atoms with Crippen molar-refractivity contribution in [2.75, 3.05) is 13.7 Å². The highest BCUT2D eigenvalue weighted by atomic mass is 16.5. The van der Waals surface area contributed by atoms with Crippen LogP contribution < -0.4 is 5.32 Å².